The lowest BCUT2D eigenvalue weighted by Crippen LogP contribution is -2.45. The summed E-state index contributed by atoms with van der Waals surface area (Å²) in [5, 5.41) is 6.41. The summed E-state index contributed by atoms with van der Waals surface area (Å²) < 4.78 is 79.4. The van der Waals surface area contributed by atoms with Gasteiger partial charge in [-0.1, -0.05) is 17.7 Å². The molecule has 0 aromatic carbocycles. The topological polar surface area (TPSA) is 158 Å². The Morgan fingerprint density at radius 2 is 1.76 bits per heavy atom. The minimum absolute atomic E-state index is 0.0909. The highest BCUT2D eigenvalue weighted by molar-refractivity contribution is 7.90. The number of carbonyl (C=O) groups is 2. The highest BCUT2D eigenvalue weighted by Crippen LogP contribution is 2.38. The largest absolute Gasteiger partial charge is 0.476 e. The molecule has 0 saturated carbocycles. The minimum Gasteiger partial charge on any atom is -0.476 e. The number of alkyl halides is 3. The molecule has 18 heteroatoms. The van der Waals surface area contributed by atoms with Gasteiger partial charge in [0.15, 0.2) is 10.8 Å². The predicted octanol–water partition coefficient (Wildman–Crippen LogP) is 6.63. The third-order valence-corrected chi connectivity index (χ3v) is 9.64. The number of aromatic nitrogens is 4. The van der Waals surface area contributed by atoms with Gasteiger partial charge in [-0.2, -0.15) is 21.6 Å². The van der Waals surface area contributed by atoms with E-state index in [2.05, 4.69) is 20.4 Å². The van der Waals surface area contributed by atoms with Gasteiger partial charge in [0, 0.05) is 30.9 Å². The Bertz CT molecular complexity index is 1840. The number of sulfonamides is 1. The number of ether oxygens (including phenoxy) is 2. The molecule has 2 amide bonds. The first-order valence-corrected chi connectivity index (χ1v) is 18.0. The Morgan fingerprint density at radius 3 is 2.41 bits per heavy atom. The first-order valence-electron chi connectivity index (χ1n) is 16.2. The molecular formula is C33H43ClF3N7O6S. The van der Waals surface area contributed by atoms with Gasteiger partial charge < -0.3 is 19.7 Å². The molecule has 4 rings (SSSR count). The predicted molar refractivity (Wildman–Crippen MR) is 183 cm³/mol. The Kier molecular flexibility index (Phi) is 11.6. The van der Waals surface area contributed by atoms with Crippen LogP contribution in [-0.4, -0.2) is 82.1 Å². The summed E-state index contributed by atoms with van der Waals surface area (Å²) >= 11 is 6.22. The third-order valence-electron chi connectivity index (χ3n) is 8.12. The van der Waals surface area contributed by atoms with Crippen LogP contribution in [0.25, 0.3) is 5.82 Å². The van der Waals surface area contributed by atoms with E-state index < -0.39 is 44.8 Å². The van der Waals surface area contributed by atoms with Crippen molar-refractivity contribution in [2.24, 2.45) is 11.3 Å². The first kappa shape index (κ1) is 39.7. The average Bonchev–Trinajstić information content (AvgIpc) is 3.60. The third kappa shape index (κ3) is 10.2. The zero-order valence-electron chi connectivity index (χ0n) is 29.5. The van der Waals surface area contributed by atoms with Crippen molar-refractivity contribution in [1.82, 2.24) is 29.4 Å². The molecule has 1 aliphatic rings. The van der Waals surface area contributed by atoms with Crippen LogP contribution in [0.2, 0.25) is 5.15 Å². The van der Waals surface area contributed by atoms with Gasteiger partial charge in [0.25, 0.3) is 15.9 Å². The molecule has 3 aromatic rings. The van der Waals surface area contributed by atoms with E-state index in [1.165, 1.54) is 41.2 Å². The van der Waals surface area contributed by atoms with Crippen molar-refractivity contribution in [2.45, 2.75) is 90.1 Å². The standard InChI is InChI=1S/C33H43ClF3N7O6S/c1-30(2,3)50-29(46)43-19-21(18-32(43,6)7)10-9-16-38-23-11-8-12-26(39-23)51(47,48)42-28(45)22-13-14-24(40-27(22)34)44-17-15-25(41-44)49-20-31(4,5)33(35,36)37/h8,11-15,17,21H,9-10,16,18-20H2,1-7H3,(H,38,39)(H,42,45)/t21-/m0/s1. The Balaban J connectivity index is 1.31. The number of likely N-dealkylation sites (tertiary alicyclic amines) is 1. The average molecular weight is 758 g/mol. The number of hydrogen-bond acceptors (Lipinski definition) is 10. The molecule has 1 fully saturated rings. The molecular weight excluding hydrogens is 715 g/mol. The molecule has 1 aliphatic heterocycles. The second kappa shape index (κ2) is 14.9. The number of nitrogens with zero attached hydrogens (tertiary/aromatic N) is 5. The smallest absolute Gasteiger partial charge is 0.410 e. The van der Waals surface area contributed by atoms with E-state index >= 15 is 0 Å². The number of hydrogen-bond donors (Lipinski definition) is 2. The highest BCUT2D eigenvalue weighted by Gasteiger charge is 2.48. The maximum atomic E-state index is 13.1. The molecule has 0 unspecified atom stereocenters. The minimum atomic E-state index is -4.48. The van der Waals surface area contributed by atoms with Gasteiger partial charge in [-0.05, 0) is 97.9 Å². The van der Waals surface area contributed by atoms with Crippen LogP contribution in [0, 0.1) is 11.3 Å². The highest BCUT2D eigenvalue weighted by atomic mass is 35.5. The van der Waals surface area contributed by atoms with E-state index in [0.717, 1.165) is 33.1 Å². The maximum absolute atomic E-state index is 13.1. The number of rotatable bonds is 12. The SMILES string of the molecule is CC(C)(C)OC(=O)N1C[C@@H](CCCNc2cccc(S(=O)(=O)NC(=O)c3ccc(-n4ccc(OCC(C)(C)C(F)(F)F)n4)nc3Cl)n2)CC1(C)C. The van der Waals surface area contributed by atoms with Gasteiger partial charge >= 0.3 is 12.3 Å². The number of halogens is 4. The number of carbonyl (C=O) groups excluding carboxylic acids is 2. The number of anilines is 1. The van der Waals surface area contributed by atoms with Crippen molar-refractivity contribution in [3.8, 4) is 11.7 Å². The fraction of sp³-hybridized carbons (Fsp3) is 0.545. The molecule has 51 heavy (non-hydrogen) atoms. The molecule has 4 heterocycles. The number of nitrogens with one attached hydrogen (secondary N) is 2. The number of amides is 2. The van der Waals surface area contributed by atoms with E-state index in [1.807, 2.05) is 39.3 Å². The van der Waals surface area contributed by atoms with Gasteiger partial charge in [0.1, 0.15) is 23.2 Å². The van der Waals surface area contributed by atoms with Gasteiger partial charge in [-0.15, -0.1) is 5.10 Å². The van der Waals surface area contributed by atoms with Crippen LogP contribution < -0.4 is 14.8 Å². The molecule has 280 valence electrons. The monoisotopic (exact) mass is 757 g/mol. The van der Waals surface area contributed by atoms with Crippen molar-refractivity contribution in [2.75, 3.05) is 25.0 Å². The van der Waals surface area contributed by atoms with Gasteiger partial charge in [-0.3, -0.25) is 4.79 Å². The summed E-state index contributed by atoms with van der Waals surface area (Å²) in [7, 11) is -4.42. The maximum Gasteiger partial charge on any atom is 0.410 e. The van der Waals surface area contributed by atoms with Gasteiger partial charge in [0.2, 0.25) is 5.88 Å². The van der Waals surface area contributed by atoms with E-state index in [0.29, 0.717) is 18.9 Å². The van der Waals surface area contributed by atoms with Crippen LogP contribution in [0.5, 0.6) is 5.88 Å². The normalized spacial score (nSPS) is 16.5. The van der Waals surface area contributed by atoms with Crippen molar-refractivity contribution >= 4 is 39.4 Å². The summed E-state index contributed by atoms with van der Waals surface area (Å²) in [6.45, 7) is 12.0. The van der Waals surface area contributed by atoms with E-state index in [-0.39, 0.29) is 40.0 Å². The quantitative estimate of drug-likeness (QED) is 0.152. The van der Waals surface area contributed by atoms with Gasteiger partial charge in [0.05, 0.1) is 11.0 Å². The van der Waals surface area contributed by atoms with Crippen LogP contribution in [0.3, 0.4) is 0 Å². The summed E-state index contributed by atoms with van der Waals surface area (Å²) in [5.41, 5.74) is -3.28. The van der Waals surface area contributed by atoms with Crippen LogP contribution in [0.15, 0.2) is 47.6 Å². The molecule has 3 aromatic heterocycles. The van der Waals surface area contributed by atoms with Crippen LogP contribution in [-0.2, 0) is 14.8 Å². The van der Waals surface area contributed by atoms with Gasteiger partial charge in [-0.25, -0.2) is 24.2 Å². The molecule has 1 saturated heterocycles. The lowest BCUT2D eigenvalue weighted by molar-refractivity contribution is -0.219. The Morgan fingerprint density at radius 1 is 1.06 bits per heavy atom. The summed E-state index contributed by atoms with van der Waals surface area (Å²) in [6, 6.07) is 8.22. The molecule has 2 N–H and O–H groups in total. The summed E-state index contributed by atoms with van der Waals surface area (Å²) in [6.07, 6.45) is -1.04. The zero-order chi connectivity index (χ0) is 38.0. The zero-order valence-corrected chi connectivity index (χ0v) is 31.0. The Labute approximate surface area is 300 Å². The molecule has 0 aliphatic carbocycles. The fourth-order valence-corrected chi connectivity index (χ4v) is 6.46. The van der Waals surface area contributed by atoms with Crippen molar-refractivity contribution < 1.29 is 40.7 Å². The Hall–Kier alpha value is -4.12. The number of pyridine rings is 2. The molecule has 0 bridgehead atoms. The molecule has 1 atom stereocenters. The molecule has 13 nitrogen and oxygen atoms in total. The van der Waals surface area contributed by atoms with E-state index in [4.69, 9.17) is 21.1 Å². The first-order chi connectivity index (χ1) is 23.5. The second-order valence-electron chi connectivity index (χ2n) is 14.6. The lowest BCUT2D eigenvalue weighted by atomic mass is 9.93. The molecule has 0 spiro atoms. The van der Waals surface area contributed by atoms with Crippen molar-refractivity contribution in [3.63, 3.8) is 0 Å². The fourth-order valence-electron chi connectivity index (χ4n) is 5.29. The van der Waals surface area contributed by atoms with Crippen LogP contribution in [0.1, 0.15) is 78.1 Å². The summed E-state index contributed by atoms with van der Waals surface area (Å²) in [5.74, 6) is -0.484. The van der Waals surface area contributed by atoms with Crippen LogP contribution >= 0.6 is 11.6 Å². The molecule has 0 radical (unpaired) electrons. The lowest BCUT2D eigenvalue weighted by Gasteiger charge is -2.33. The second-order valence-corrected chi connectivity index (χ2v) is 16.6. The van der Waals surface area contributed by atoms with Crippen molar-refractivity contribution in [3.05, 3.63) is 53.3 Å². The van der Waals surface area contributed by atoms with Crippen molar-refractivity contribution in [1.29, 1.82) is 0 Å². The van der Waals surface area contributed by atoms with E-state index in [9.17, 15) is 31.2 Å². The van der Waals surface area contributed by atoms with Crippen LogP contribution in [0.4, 0.5) is 23.8 Å². The summed E-state index contributed by atoms with van der Waals surface area (Å²) in [4.78, 5) is 35.7. The van der Waals surface area contributed by atoms with E-state index in [1.54, 1.807) is 11.0 Å².